The number of nitrogens with zero attached hydrogens (tertiary/aromatic N) is 2. The van der Waals surface area contributed by atoms with E-state index in [9.17, 15) is 18.4 Å². The molecule has 10 heteroatoms. The van der Waals surface area contributed by atoms with E-state index in [0.29, 0.717) is 16.3 Å². The van der Waals surface area contributed by atoms with E-state index >= 15 is 0 Å². The molecule has 0 aliphatic rings. The first-order valence-corrected chi connectivity index (χ1v) is 7.93. The van der Waals surface area contributed by atoms with E-state index < -0.39 is 18.1 Å². The van der Waals surface area contributed by atoms with Crippen LogP contribution in [0, 0.1) is 0 Å². The lowest BCUT2D eigenvalue weighted by molar-refractivity contribution is -0.0512. The van der Waals surface area contributed by atoms with Crippen LogP contribution in [0.25, 0.3) is 10.8 Å². The fourth-order valence-electron chi connectivity index (χ4n) is 2.46. The number of ether oxygens (including phenoxy) is 2. The van der Waals surface area contributed by atoms with E-state index in [1.54, 1.807) is 24.3 Å². The van der Waals surface area contributed by atoms with Gasteiger partial charge in [-0.25, -0.2) is 10.5 Å². The summed E-state index contributed by atoms with van der Waals surface area (Å²) in [4.78, 5) is 24.1. The van der Waals surface area contributed by atoms with Gasteiger partial charge in [-0.05, 0) is 29.8 Å². The molecule has 8 nitrogen and oxygen atoms in total. The van der Waals surface area contributed by atoms with Gasteiger partial charge in [0.2, 0.25) is 0 Å². The summed E-state index contributed by atoms with van der Waals surface area (Å²) in [7, 11) is 1.31. The van der Waals surface area contributed by atoms with Crippen LogP contribution in [0.2, 0.25) is 0 Å². The van der Waals surface area contributed by atoms with E-state index in [-0.39, 0.29) is 17.2 Å². The van der Waals surface area contributed by atoms with Crippen molar-refractivity contribution in [3.8, 4) is 11.5 Å². The summed E-state index contributed by atoms with van der Waals surface area (Å²) >= 11 is 0. The molecule has 0 saturated heterocycles. The number of amides is 1. The molecule has 0 atom stereocenters. The summed E-state index contributed by atoms with van der Waals surface area (Å²) in [6, 6.07) is 10.7. The maximum Gasteiger partial charge on any atom is 0.387 e. The molecule has 2 N–H and O–H groups in total. The van der Waals surface area contributed by atoms with E-state index in [1.807, 2.05) is 0 Å². The van der Waals surface area contributed by atoms with Gasteiger partial charge < -0.3 is 9.47 Å². The maximum absolute atomic E-state index is 12.3. The highest BCUT2D eigenvalue weighted by molar-refractivity contribution is 6.04. The third-order valence-electron chi connectivity index (χ3n) is 3.69. The minimum atomic E-state index is -2.98. The summed E-state index contributed by atoms with van der Waals surface area (Å²) in [5.41, 5.74) is 2.36. The SMILES string of the molecule is COc1cc(/C=N\NC(=O)c2n[nH]c(=O)c3ccccc23)ccc1OC(F)F. The third-order valence-corrected chi connectivity index (χ3v) is 3.69. The molecule has 3 aromatic rings. The molecule has 1 heterocycles. The summed E-state index contributed by atoms with van der Waals surface area (Å²) in [5, 5.41) is 10.5. The number of rotatable bonds is 6. The largest absolute Gasteiger partial charge is 0.493 e. The van der Waals surface area contributed by atoms with E-state index in [0.717, 1.165) is 0 Å². The van der Waals surface area contributed by atoms with Gasteiger partial charge in [0.05, 0.1) is 18.7 Å². The minimum absolute atomic E-state index is 0.00520. The minimum Gasteiger partial charge on any atom is -0.493 e. The molecule has 0 aliphatic carbocycles. The smallest absolute Gasteiger partial charge is 0.387 e. The van der Waals surface area contributed by atoms with Crippen LogP contribution < -0.4 is 20.5 Å². The second-order valence-corrected chi connectivity index (χ2v) is 5.43. The van der Waals surface area contributed by atoms with Crippen LogP contribution in [0.3, 0.4) is 0 Å². The predicted molar refractivity (Wildman–Crippen MR) is 97.0 cm³/mol. The zero-order chi connectivity index (χ0) is 20.1. The standard InChI is InChI=1S/C18H14F2N4O4/c1-27-14-8-10(6-7-13(14)28-18(19)20)9-21-23-17(26)15-11-4-2-3-5-12(11)16(25)24-22-15/h2-9,18H,1H3,(H,23,26)(H,24,25)/b21-9-. The van der Waals surface area contributed by atoms with Crippen molar-refractivity contribution in [3.05, 3.63) is 64.1 Å². The average molecular weight is 388 g/mol. The van der Waals surface area contributed by atoms with Crippen molar-refractivity contribution in [3.63, 3.8) is 0 Å². The van der Waals surface area contributed by atoms with Gasteiger partial charge >= 0.3 is 6.61 Å². The predicted octanol–water partition coefficient (Wildman–Crippen LogP) is 2.30. The van der Waals surface area contributed by atoms with E-state index in [1.165, 1.54) is 31.5 Å². The van der Waals surface area contributed by atoms with Crippen LogP contribution in [-0.2, 0) is 0 Å². The van der Waals surface area contributed by atoms with Gasteiger partial charge in [0.25, 0.3) is 11.5 Å². The van der Waals surface area contributed by atoms with Crippen molar-refractivity contribution in [1.82, 2.24) is 15.6 Å². The number of halogens is 2. The van der Waals surface area contributed by atoms with Crippen LogP contribution in [0.15, 0.2) is 52.4 Å². The number of fused-ring (bicyclic) bond motifs is 1. The normalized spacial score (nSPS) is 11.1. The van der Waals surface area contributed by atoms with Gasteiger partial charge in [-0.1, -0.05) is 18.2 Å². The molecule has 0 unspecified atom stereocenters. The Bertz CT molecular complexity index is 1100. The number of hydrogen-bond donors (Lipinski definition) is 2. The number of hydrogen-bond acceptors (Lipinski definition) is 6. The van der Waals surface area contributed by atoms with Gasteiger partial charge in [-0.3, -0.25) is 9.59 Å². The molecule has 28 heavy (non-hydrogen) atoms. The molecule has 0 saturated carbocycles. The molecule has 0 bridgehead atoms. The van der Waals surface area contributed by atoms with Crippen molar-refractivity contribution in [1.29, 1.82) is 0 Å². The lowest BCUT2D eigenvalue weighted by Crippen LogP contribution is -2.22. The van der Waals surface area contributed by atoms with Crippen molar-refractivity contribution >= 4 is 22.9 Å². The Morgan fingerprint density at radius 1 is 1.21 bits per heavy atom. The zero-order valence-electron chi connectivity index (χ0n) is 14.5. The lowest BCUT2D eigenvalue weighted by atomic mass is 10.1. The Labute approximate surface area is 156 Å². The monoisotopic (exact) mass is 388 g/mol. The first kappa shape index (κ1) is 19.0. The van der Waals surface area contributed by atoms with E-state index in [4.69, 9.17) is 4.74 Å². The number of carbonyl (C=O) groups is 1. The van der Waals surface area contributed by atoms with Gasteiger partial charge in [-0.2, -0.15) is 19.0 Å². The summed E-state index contributed by atoms with van der Waals surface area (Å²) < 4.78 is 34.0. The number of hydrazone groups is 1. The van der Waals surface area contributed by atoms with Crippen LogP contribution in [0.1, 0.15) is 16.1 Å². The quantitative estimate of drug-likeness (QED) is 0.498. The molecule has 1 aromatic heterocycles. The third kappa shape index (κ3) is 4.11. The summed E-state index contributed by atoms with van der Waals surface area (Å²) in [5.74, 6) is -0.667. The molecule has 0 radical (unpaired) electrons. The lowest BCUT2D eigenvalue weighted by Gasteiger charge is -2.10. The van der Waals surface area contributed by atoms with Crippen LogP contribution in [-0.4, -0.2) is 36.0 Å². The number of H-pyrrole nitrogens is 1. The molecular weight excluding hydrogens is 374 g/mol. The van der Waals surface area contributed by atoms with Crippen LogP contribution >= 0.6 is 0 Å². The van der Waals surface area contributed by atoms with E-state index in [2.05, 4.69) is 25.5 Å². The number of aromatic amines is 1. The molecule has 3 rings (SSSR count). The van der Waals surface area contributed by atoms with Gasteiger partial charge in [0.15, 0.2) is 17.2 Å². The molecule has 0 spiro atoms. The Balaban J connectivity index is 1.77. The van der Waals surface area contributed by atoms with Crippen LogP contribution in [0.5, 0.6) is 11.5 Å². The Hall–Kier alpha value is -3.82. The molecule has 144 valence electrons. The van der Waals surface area contributed by atoms with Crippen molar-refractivity contribution in [2.75, 3.05) is 7.11 Å². The van der Waals surface area contributed by atoms with Crippen LogP contribution in [0.4, 0.5) is 8.78 Å². The Kier molecular flexibility index (Phi) is 5.58. The van der Waals surface area contributed by atoms with Crippen molar-refractivity contribution in [2.24, 2.45) is 5.10 Å². The zero-order valence-corrected chi connectivity index (χ0v) is 14.5. The number of benzene rings is 2. The topological polar surface area (TPSA) is 106 Å². The Morgan fingerprint density at radius 3 is 2.68 bits per heavy atom. The molecule has 1 amide bonds. The number of alkyl halides is 2. The fourth-order valence-corrected chi connectivity index (χ4v) is 2.46. The summed E-state index contributed by atoms with van der Waals surface area (Å²) in [6.45, 7) is -2.98. The second-order valence-electron chi connectivity index (χ2n) is 5.43. The van der Waals surface area contributed by atoms with Crippen molar-refractivity contribution in [2.45, 2.75) is 6.61 Å². The summed E-state index contributed by atoms with van der Waals surface area (Å²) in [6.07, 6.45) is 1.29. The molecule has 2 aromatic carbocycles. The highest BCUT2D eigenvalue weighted by Crippen LogP contribution is 2.28. The Morgan fingerprint density at radius 2 is 1.96 bits per heavy atom. The first-order valence-electron chi connectivity index (χ1n) is 7.93. The molecular formula is C18H14F2N4O4. The first-order chi connectivity index (χ1) is 13.5. The number of aromatic nitrogens is 2. The molecule has 0 fully saturated rings. The van der Waals surface area contributed by atoms with Gasteiger partial charge in [0, 0.05) is 5.39 Å². The number of nitrogens with one attached hydrogen (secondary N) is 2. The molecule has 0 aliphatic heterocycles. The highest BCUT2D eigenvalue weighted by Gasteiger charge is 2.13. The van der Waals surface area contributed by atoms with Gasteiger partial charge in [0.1, 0.15) is 0 Å². The highest BCUT2D eigenvalue weighted by atomic mass is 19.3. The fraction of sp³-hybridized carbons (Fsp3) is 0.111. The second kappa shape index (κ2) is 8.25. The number of carbonyl (C=O) groups excluding carboxylic acids is 1. The van der Waals surface area contributed by atoms with Gasteiger partial charge in [-0.15, -0.1) is 0 Å². The van der Waals surface area contributed by atoms with Crippen molar-refractivity contribution < 1.29 is 23.0 Å². The average Bonchev–Trinajstić information content (AvgIpc) is 2.69. The maximum atomic E-state index is 12.3. The number of methoxy groups -OCH3 is 1.